The van der Waals surface area contributed by atoms with E-state index >= 15 is 0 Å². The number of rotatable bonds is 8. The third-order valence-electron chi connectivity index (χ3n) is 5.18. The average Bonchev–Trinajstić information content (AvgIpc) is 3.26. The van der Waals surface area contributed by atoms with Gasteiger partial charge < -0.3 is 23.7 Å². The zero-order valence-electron chi connectivity index (χ0n) is 16.7. The van der Waals surface area contributed by atoms with Crippen molar-refractivity contribution in [3.63, 3.8) is 0 Å². The fourth-order valence-corrected chi connectivity index (χ4v) is 3.78. The van der Waals surface area contributed by atoms with E-state index in [1.54, 1.807) is 18.2 Å². The molecule has 0 radical (unpaired) electrons. The highest BCUT2D eigenvalue weighted by molar-refractivity contribution is 6.08. The summed E-state index contributed by atoms with van der Waals surface area (Å²) in [6.45, 7) is 0.00115. The molecule has 0 aromatic heterocycles. The normalized spacial score (nSPS) is 13.2. The number of benzene rings is 2. The van der Waals surface area contributed by atoms with Gasteiger partial charge in [-0.2, -0.15) is 0 Å². The van der Waals surface area contributed by atoms with Gasteiger partial charge in [0.2, 0.25) is 6.79 Å². The first-order valence-electron chi connectivity index (χ1n) is 9.15. The number of nitro groups is 1. The van der Waals surface area contributed by atoms with Gasteiger partial charge in [-0.1, -0.05) is 18.2 Å². The van der Waals surface area contributed by atoms with Crippen LogP contribution in [0.1, 0.15) is 23.5 Å². The number of nitro benzene ring substituents is 1. The van der Waals surface area contributed by atoms with Crippen molar-refractivity contribution in [1.82, 2.24) is 0 Å². The molecule has 1 atom stereocenters. The average molecular weight is 429 g/mol. The Labute approximate surface area is 176 Å². The first-order valence-corrected chi connectivity index (χ1v) is 9.15. The summed E-state index contributed by atoms with van der Waals surface area (Å²) in [6, 6.07) is 9.75. The van der Waals surface area contributed by atoms with E-state index in [-0.39, 0.29) is 24.5 Å². The number of carbonyl (C=O) groups is 3. The summed E-state index contributed by atoms with van der Waals surface area (Å²) in [5.41, 5.74) is -2.18. The second kappa shape index (κ2) is 8.82. The molecular weight excluding hydrogens is 410 g/mol. The van der Waals surface area contributed by atoms with Crippen LogP contribution in [0.25, 0.3) is 0 Å². The zero-order valence-corrected chi connectivity index (χ0v) is 16.7. The summed E-state index contributed by atoms with van der Waals surface area (Å²) >= 11 is 0. The lowest BCUT2D eigenvalue weighted by molar-refractivity contribution is -0.384. The van der Waals surface area contributed by atoms with Crippen molar-refractivity contribution in [2.45, 2.75) is 17.8 Å². The van der Waals surface area contributed by atoms with E-state index in [0.717, 1.165) is 20.3 Å². The minimum atomic E-state index is -2.19. The third kappa shape index (κ3) is 3.67. The number of methoxy groups -OCH3 is 2. The molecule has 10 nitrogen and oxygen atoms in total. The van der Waals surface area contributed by atoms with Gasteiger partial charge in [0.1, 0.15) is 6.29 Å². The van der Waals surface area contributed by atoms with Gasteiger partial charge in [-0.3, -0.25) is 19.7 Å². The van der Waals surface area contributed by atoms with Crippen LogP contribution < -0.4 is 9.47 Å². The summed E-state index contributed by atoms with van der Waals surface area (Å²) in [5.74, 6) is -2.32. The molecule has 0 N–H and O–H groups in total. The maximum atomic E-state index is 13.2. The highest BCUT2D eigenvalue weighted by Gasteiger charge is 2.57. The molecule has 2 aromatic rings. The first kappa shape index (κ1) is 21.8. The van der Waals surface area contributed by atoms with Gasteiger partial charge in [0.25, 0.3) is 5.69 Å². The Balaban J connectivity index is 2.32. The molecule has 10 heteroatoms. The minimum absolute atomic E-state index is 0.00115. The molecule has 162 valence electrons. The molecule has 3 rings (SSSR count). The molecule has 0 spiro atoms. The van der Waals surface area contributed by atoms with E-state index in [4.69, 9.17) is 18.9 Å². The molecule has 1 unspecified atom stereocenters. The summed E-state index contributed by atoms with van der Waals surface area (Å²) in [6.07, 6.45) is 0.264. The monoisotopic (exact) mass is 429 g/mol. The van der Waals surface area contributed by atoms with Crippen LogP contribution in [-0.2, 0) is 29.3 Å². The van der Waals surface area contributed by atoms with Crippen LogP contribution in [-0.4, -0.2) is 44.2 Å². The Morgan fingerprint density at radius 3 is 2.42 bits per heavy atom. The molecule has 1 aliphatic heterocycles. The Morgan fingerprint density at radius 1 is 1.13 bits per heavy atom. The molecule has 0 saturated heterocycles. The summed E-state index contributed by atoms with van der Waals surface area (Å²) in [5, 5.41) is 11.3. The van der Waals surface area contributed by atoms with Crippen molar-refractivity contribution in [2.24, 2.45) is 0 Å². The maximum absolute atomic E-state index is 13.2. The van der Waals surface area contributed by atoms with Crippen molar-refractivity contribution in [1.29, 1.82) is 0 Å². The van der Waals surface area contributed by atoms with E-state index < -0.39 is 28.2 Å². The largest absolute Gasteiger partial charge is 0.468 e. The Morgan fingerprint density at radius 2 is 1.81 bits per heavy atom. The standard InChI is InChI=1S/C21H19NO9/c1-28-19(24)21(20(25)29-2,14-4-3-5-15(11-14)22(26)27)16(8-9-23)13-6-7-17-18(10-13)31-12-30-17/h3-7,9-11,16H,8,12H2,1-2H3. The topological polar surface area (TPSA) is 131 Å². The van der Waals surface area contributed by atoms with Crippen LogP contribution in [0.3, 0.4) is 0 Å². The quantitative estimate of drug-likeness (QED) is 0.204. The van der Waals surface area contributed by atoms with Crippen LogP contribution in [0.15, 0.2) is 42.5 Å². The SMILES string of the molecule is COC(=O)C(C(=O)OC)(c1cccc([N+](=O)[O-])c1)C(CC=O)c1ccc2c(c1)OCO2. The Bertz CT molecular complexity index is 1020. The Kier molecular flexibility index (Phi) is 6.19. The minimum Gasteiger partial charge on any atom is -0.468 e. The fourth-order valence-electron chi connectivity index (χ4n) is 3.78. The second-order valence-electron chi connectivity index (χ2n) is 6.67. The van der Waals surface area contributed by atoms with Gasteiger partial charge in [-0.15, -0.1) is 0 Å². The maximum Gasteiger partial charge on any atom is 0.328 e. The lowest BCUT2D eigenvalue weighted by atomic mass is 9.66. The van der Waals surface area contributed by atoms with Crippen LogP contribution in [0.4, 0.5) is 5.69 Å². The van der Waals surface area contributed by atoms with Gasteiger partial charge in [0, 0.05) is 24.5 Å². The lowest BCUT2D eigenvalue weighted by Crippen LogP contribution is -2.50. The number of hydrogen-bond donors (Lipinski definition) is 0. The van der Waals surface area contributed by atoms with Gasteiger partial charge in [-0.05, 0) is 23.3 Å². The van der Waals surface area contributed by atoms with Crippen molar-refractivity contribution in [2.75, 3.05) is 21.0 Å². The number of non-ortho nitro benzene ring substituents is 1. The van der Waals surface area contributed by atoms with Crippen molar-refractivity contribution in [3.8, 4) is 11.5 Å². The van der Waals surface area contributed by atoms with Gasteiger partial charge in [0.05, 0.1) is 19.1 Å². The van der Waals surface area contributed by atoms with Gasteiger partial charge >= 0.3 is 11.9 Å². The van der Waals surface area contributed by atoms with E-state index in [9.17, 15) is 24.5 Å². The van der Waals surface area contributed by atoms with Crippen LogP contribution in [0.5, 0.6) is 11.5 Å². The molecule has 0 bridgehead atoms. The van der Waals surface area contributed by atoms with E-state index in [1.807, 2.05) is 0 Å². The number of fused-ring (bicyclic) bond motifs is 1. The number of carbonyl (C=O) groups excluding carboxylic acids is 3. The number of hydrogen-bond acceptors (Lipinski definition) is 9. The zero-order chi connectivity index (χ0) is 22.6. The summed E-state index contributed by atoms with van der Waals surface area (Å²) in [4.78, 5) is 48.7. The van der Waals surface area contributed by atoms with Crippen LogP contribution >= 0.6 is 0 Å². The molecule has 1 heterocycles. The third-order valence-corrected chi connectivity index (χ3v) is 5.18. The van der Waals surface area contributed by atoms with E-state index in [0.29, 0.717) is 23.3 Å². The predicted octanol–water partition coefficient (Wildman–Crippen LogP) is 2.28. The summed E-state index contributed by atoms with van der Waals surface area (Å²) < 4.78 is 20.6. The first-order chi connectivity index (χ1) is 14.9. The predicted molar refractivity (Wildman–Crippen MR) is 105 cm³/mol. The van der Waals surface area contributed by atoms with E-state index in [2.05, 4.69) is 0 Å². The number of aldehydes is 1. The number of nitrogens with zero attached hydrogens (tertiary/aromatic N) is 1. The highest BCUT2D eigenvalue weighted by Crippen LogP contribution is 2.46. The molecule has 1 aliphatic rings. The number of esters is 2. The molecule has 0 amide bonds. The number of ether oxygens (including phenoxy) is 4. The second-order valence-corrected chi connectivity index (χ2v) is 6.67. The summed E-state index contributed by atoms with van der Waals surface area (Å²) in [7, 11) is 2.16. The van der Waals surface area contributed by atoms with Gasteiger partial charge in [0.15, 0.2) is 16.9 Å². The van der Waals surface area contributed by atoms with Crippen molar-refractivity contribution >= 4 is 23.9 Å². The fraction of sp³-hybridized carbons (Fsp3) is 0.286. The molecular formula is C21H19NO9. The van der Waals surface area contributed by atoms with E-state index in [1.165, 1.54) is 18.2 Å². The van der Waals surface area contributed by atoms with Crippen molar-refractivity contribution in [3.05, 3.63) is 63.7 Å². The molecule has 0 saturated carbocycles. The smallest absolute Gasteiger partial charge is 0.328 e. The molecule has 0 fully saturated rings. The van der Waals surface area contributed by atoms with Crippen LogP contribution in [0, 0.1) is 10.1 Å². The van der Waals surface area contributed by atoms with Crippen molar-refractivity contribution < 1.29 is 38.3 Å². The molecule has 2 aromatic carbocycles. The Hall–Kier alpha value is -3.95. The van der Waals surface area contributed by atoms with Gasteiger partial charge in [-0.25, -0.2) is 0 Å². The highest BCUT2D eigenvalue weighted by atomic mass is 16.7. The lowest BCUT2D eigenvalue weighted by Gasteiger charge is -2.35. The molecule has 31 heavy (non-hydrogen) atoms. The molecule has 0 aliphatic carbocycles. The van der Waals surface area contributed by atoms with Crippen LogP contribution in [0.2, 0.25) is 0 Å².